The molecule has 5 nitrogen and oxygen atoms in total. The molecule has 1 aliphatic rings. The van der Waals surface area contributed by atoms with Gasteiger partial charge in [-0.3, -0.25) is 9.59 Å². The molecule has 0 aromatic heterocycles. The van der Waals surface area contributed by atoms with Crippen LogP contribution < -0.4 is 11.1 Å². The third-order valence-corrected chi connectivity index (χ3v) is 5.19. The Hall–Kier alpha value is -1.24. The average Bonchev–Trinajstić information content (AvgIpc) is 2.56. The normalized spacial score (nSPS) is 18.2. The summed E-state index contributed by atoms with van der Waals surface area (Å²) < 4.78 is 0. The molecule has 0 spiro atoms. The summed E-state index contributed by atoms with van der Waals surface area (Å²) in [6.07, 6.45) is 3.14. The van der Waals surface area contributed by atoms with E-state index in [9.17, 15) is 9.59 Å². The van der Waals surface area contributed by atoms with Gasteiger partial charge in [-0.25, -0.2) is 0 Å². The first-order valence-corrected chi connectivity index (χ1v) is 9.62. The van der Waals surface area contributed by atoms with Gasteiger partial charge < -0.3 is 16.0 Å². The quantitative estimate of drug-likeness (QED) is 0.789. The van der Waals surface area contributed by atoms with Crippen LogP contribution in [0.3, 0.4) is 0 Å². The number of anilines is 1. The van der Waals surface area contributed by atoms with Gasteiger partial charge in [-0.1, -0.05) is 17.7 Å². The number of hydrogen-bond acceptors (Lipinski definition) is 4. The van der Waals surface area contributed by atoms with Gasteiger partial charge in [0.25, 0.3) is 0 Å². The lowest BCUT2D eigenvalue weighted by Crippen LogP contribution is -2.52. The van der Waals surface area contributed by atoms with E-state index in [-0.39, 0.29) is 42.1 Å². The van der Waals surface area contributed by atoms with E-state index in [1.807, 2.05) is 43.0 Å². The second-order valence-electron chi connectivity index (χ2n) is 6.42. The number of piperidine rings is 1. The van der Waals surface area contributed by atoms with Crippen molar-refractivity contribution >= 4 is 41.7 Å². The Morgan fingerprint density at radius 2 is 1.96 bits per heavy atom. The number of rotatable bonds is 6. The molecule has 1 aromatic carbocycles. The number of thioether (sulfide) groups is 1. The van der Waals surface area contributed by atoms with Crippen molar-refractivity contribution in [3.05, 3.63) is 29.8 Å². The molecule has 2 atom stereocenters. The average molecular weight is 386 g/mol. The number of nitrogens with zero attached hydrogens (tertiary/aromatic N) is 1. The molecule has 1 saturated heterocycles. The van der Waals surface area contributed by atoms with E-state index in [4.69, 9.17) is 5.73 Å². The Morgan fingerprint density at radius 3 is 2.60 bits per heavy atom. The predicted molar refractivity (Wildman–Crippen MR) is 107 cm³/mol. The van der Waals surface area contributed by atoms with Gasteiger partial charge in [-0.15, -0.1) is 24.2 Å². The zero-order valence-electron chi connectivity index (χ0n) is 14.9. The fourth-order valence-electron chi connectivity index (χ4n) is 2.96. The lowest BCUT2D eigenvalue weighted by molar-refractivity contribution is -0.132. The number of halogens is 1. The van der Waals surface area contributed by atoms with Gasteiger partial charge in [-0.05, 0) is 45.2 Å². The van der Waals surface area contributed by atoms with Crippen molar-refractivity contribution in [2.45, 2.75) is 45.2 Å². The van der Waals surface area contributed by atoms with Gasteiger partial charge in [0, 0.05) is 24.3 Å². The van der Waals surface area contributed by atoms with Gasteiger partial charge in [-0.2, -0.15) is 0 Å². The Morgan fingerprint density at radius 1 is 1.28 bits per heavy atom. The van der Waals surface area contributed by atoms with Gasteiger partial charge in [0.2, 0.25) is 11.8 Å². The fraction of sp³-hybridized carbons (Fsp3) is 0.556. The maximum absolute atomic E-state index is 12.4. The van der Waals surface area contributed by atoms with Gasteiger partial charge in [0.15, 0.2) is 0 Å². The predicted octanol–water partition coefficient (Wildman–Crippen LogP) is 2.82. The first-order chi connectivity index (χ1) is 11.5. The van der Waals surface area contributed by atoms with Crippen molar-refractivity contribution in [2.24, 2.45) is 5.73 Å². The topological polar surface area (TPSA) is 75.4 Å². The SMILES string of the molecule is Cc1ccc(NC(=O)CSCC(=O)N2CCCCC2C(C)N)cc1.Cl. The Labute approximate surface area is 160 Å². The van der Waals surface area contributed by atoms with E-state index in [2.05, 4.69) is 5.32 Å². The summed E-state index contributed by atoms with van der Waals surface area (Å²) in [5.41, 5.74) is 7.94. The molecule has 1 aliphatic heterocycles. The Bertz CT molecular complexity index is 566. The molecule has 0 saturated carbocycles. The Kier molecular flexibility index (Phi) is 9.32. The van der Waals surface area contributed by atoms with Gasteiger partial charge >= 0.3 is 0 Å². The Balaban J connectivity index is 0.00000312. The molecule has 1 aromatic rings. The molecule has 7 heteroatoms. The standard InChI is InChI=1S/C18H27N3O2S.ClH/c1-13-6-8-15(9-7-13)20-17(22)11-24-12-18(23)21-10-4-3-5-16(21)14(2)19;/h6-9,14,16H,3-5,10-12,19H2,1-2H3,(H,20,22);1H. The number of likely N-dealkylation sites (tertiary alicyclic amines) is 1. The molecule has 2 amide bonds. The molecule has 0 radical (unpaired) electrons. The molecule has 3 N–H and O–H groups in total. The molecule has 1 fully saturated rings. The molecule has 2 unspecified atom stereocenters. The lowest BCUT2D eigenvalue weighted by atomic mass is 9.97. The zero-order valence-corrected chi connectivity index (χ0v) is 16.5. The van der Waals surface area contributed by atoms with Crippen LogP contribution in [-0.4, -0.2) is 46.8 Å². The molecular formula is C18H28ClN3O2S. The van der Waals surface area contributed by atoms with Crippen molar-refractivity contribution in [1.82, 2.24) is 4.90 Å². The van der Waals surface area contributed by atoms with E-state index in [1.54, 1.807) is 0 Å². The molecular weight excluding hydrogens is 358 g/mol. The summed E-state index contributed by atoms with van der Waals surface area (Å²) in [7, 11) is 0. The smallest absolute Gasteiger partial charge is 0.234 e. The van der Waals surface area contributed by atoms with E-state index >= 15 is 0 Å². The first-order valence-electron chi connectivity index (χ1n) is 8.46. The minimum Gasteiger partial charge on any atom is -0.337 e. The molecule has 0 aliphatic carbocycles. The molecule has 25 heavy (non-hydrogen) atoms. The molecule has 0 bridgehead atoms. The van der Waals surface area contributed by atoms with Crippen LogP contribution >= 0.6 is 24.2 Å². The zero-order chi connectivity index (χ0) is 17.5. The summed E-state index contributed by atoms with van der Waals surface area (Å²) in [6.45, 7) is 4.74. The molecule has 1 heterocycles. The van der Waals surface area contributed by atoms with Crippen molar-refractivity contribution in [2.75, 3.05) is 23.4 Å². The summed E-state index contributed by atoms with van der Waals surface area (Å²) in [5.74, 6) is 0.602. The van der Waals surface area contributed by atoms with Crippen LogP contribution in [0, 0.1) is 6.92 Å². The molecule has 140 valence electrons. The van der Waals surface area contributed by atoms with Gasteiger partial charge in [0.1, 0.15) is 0 Å². The van der Waals surface area contributed by atoms with Crippen molar-refractivity contribution in [3.63, 3.8) is 0 Å². The highest BCUT2D eigenvalue weighted by atomic mass is 35.5. The second kappa shape index (κ2) is 10.7. The van der Waals surface area contributed by atoms with Crippen LogP contribution in [0.25, 0.3) is 0 Å². The summed E-state index contributed by atoms with van der Waals surface area (Å²) in [4.78, 5) is 26.3. The number of nitrogens with two attached hydrogens (primary N) is 1. The van der Waals surface area contributed by atoms with E-state index in [1.165, 1.54) is 11.8 Å². The third kappa shape index (κ3) is 6.88. The highest BCUT2D eigenvalue weighted by Gasteiger charge is 2.28. The first kappa shape index (κ1) is 21.8. The van der Waals surface area contributed by atoms with E-state index < -0.39 is 0 Å². The van der Waals surface area contributed by atoms with Crippen LogP contribution in [0.15, 0.2) is 24.3 Å². The highest BCUT2D eigenvalue weighted by molar-refractivity contribution is 8.00. The van der Waals surface area contributed by atoms with Crippen molar-refractivity contribution < 1.29 is 9.59 Å². The highest BCUT2D eigenvalue weighted by Crippen LogP contribution is 2.20. The number of hydrogen-bond donors (Lipinski definition) is 2. The number of carbonyl (C=O) groups is 2. The van der Waals surface area contributed by atoms with Crippen LogP contribution in [0.5, 0.6) is 0 Å². The largest absolute Gasteiger partial charge is 0.337 e. The molecule has 2 rings (SSSR count). The van der Waals surface area contributed by atoms with E-state index in [0.29, 0.717) is 5.75 Å². The minimum atomic E-state index is -0.0842. The number of nitrogens with one attached hydrogen (secondary N) is 1. The lowest BCUT2D eigenvalue weighted by Gasteiger charge is -2.38. The van der Waals surface area contributed by atoms with Crippen LogP contribution in [0.2, 0.25) is 0 Å². The number of aryl methyl sites for hydroxylation is 1. The number of carbonyl (C=O) groups excluding carboxylic acids is 2. The van der Waals surface area contributed by atoms with Crippen LogP contribution in [0.1, 0.15) is 31.7 Å². The maximum Gasteiger partial charge on any atom is 0.234 e. The minimum absolute atomic E-state index is 0. The van der Waals surface area contributed by atoms with Crippen LogP contribution in [0.4, 0.5) is 5.69 Å². The number of benzene rings is 1. The number of amides is 2. The summed E-state index contributed by atoms with van der Waals surface area (Å²) in [5, 5.41) is 2.84. The van der Waals surface area contributed by atoms with E-state index in [0.717, 1.165) is 37.1 Å². The third-order valence-electron chi connectivity index (χ3n) is 4.27. The van der Waals surface area contributed by atoms with Crippen molar-refractivity contribution in [1.29, 1.82) is 0 Å². The van der Waals surface area contributed by atoms with Gasteiger partial charge in [0.05, 0.1) is 11.5 Å². The monoisotopic (exact) mass is 385 g/mol. The van der Waals surface area contributed by atoms with Crippen molar-refractivity contribution in [3.8, 4) is 0 Å². The fourth-order valence-corrected chi connectivity index (χ4v) is 3.66. The summed E-state index contributed by atoms with van der Waals surface area (Å²) in [6, 6.07) is 7.79. The second-order valence-corrected chi connectivity index (χ2v) is 7.40. The van der Waals surface area contributed by atoms with Crippen LogP contribution in [-0.2, 0) is 9.59 Å². The maximum atomic E-state index is 12.4. The summed E-state index contributed by atoms with van der Waals surface area (Å²) >= 11 is 1.36.